The van der Waals surface area contributed by atoms with Gasteiger partial charge in [0.15, 0.2) is 11.7 Å². The number of hydrogen-bond donors (Lipinski definition) is 2. The van der Waals surface area contributed by atoms with Crippen molar-refractivity contribution in [2.45, 2.75) is 37.2 Å². The third kappa shape index (κ3) is 6.53. The Labute approximate surface area is 234 Å². The van der Waals surface area contributed by atoms with Crippen LogP contribution < -0.4 is 15.8 Å². The van der Waals surface area contributed by atoms with Gasteiger partial charge in [-0.25, -0.2) is 13.9 Å². The fourth-order valence-electron chi connectivity index (χ4n) is 4.56. The standard InChI is InChI=1S/C24H20F10N6O3/c1-43-12-3-10(16-5-13(22(26,27)28)19-20(35)36-9-37-40(16)19)2-11(4-12)21(42)38-15-8-39(7-14(15)25)18(41)6-17(23(29,30)31)24(32,33)34/h2-5,9,14-15,17H,6-8H2,1H3,(H,38,42)(H2,35,36,37)/t14-,15+/m0/s1. The molecular formula is C24H20F10N6O3. The molecule has 3 N–H and O–H groups in total. The summed E-state index contributed by atoms with van der Waals surface area (Å²) in [5.41, 5.74) is 3.42. The van der Waals surface area contributed by atoms with Gasteiger partial charge in [-0.1, -0.05) is 0 Å². The lowest BCUT2D eigenvalue weighted by Gasteiger charge is -2.25. The van der Waals surface area contributed by atoms with Gasteiger partial charge in [0.2, 0.25) is 5.91 Å². The van der Waals surface area contributed by atoms with Crippen LogP contribution in [-0.4, -0.2) is 76.1 Å². The fourth-order valence-corrected chi connectivity index (χ4v) is 4.56. The van der Waals surface area contributed by atoms with Crippen LogP contribution in [0.4, 0.5) is 49.7 Å². The van der Waals surface area contributed by atoms with Crippen molar-refractivity contribution in [1.82, 2.24) is 24.8 Å². The molecule has 19 heteroatoms. The molecule has 1 saturated heterocycles. The zero-order valence-corrected chi connectivity index (χ0v) is 21.6. The molecule has 2 atom stereocenters. The molecular weight excluding hydrogens is 610 g/mol. The number of ether oxygens (including phenoxy) is 1. The highest BCUT2D eigenvalue weighted by Crippen LogP contribution is 2.42. The van der Waals surface area contributed by atoms with E-state index in [9.17, 15) is 53.5 Å². The summed E-state index contributed by atoms with van der Waals surface area (Å²) < 4.78 is 139. The van der Waals surface area contributed by atoms with Gasteiger partial charge in [0.25, 0.3) is 5.91 Å². The molecule has 9 nitrogen and oxygen atoms in total. The van der Waals surface area contributed by atoms with Crippen LogP contribution in [0.25, 0.3) is 16.8 Å². The Morgan fingerprint density at radius 2 is 1.70 bits per heavy atom. The molecule has 1 aliphatic heterocycles. The lowest BCUT2D eigenvalue weighted by atomic mass is 10.0. The molecule has 2 aromatic heterocycles. The van der Waals surface area contributed by atoms with Crippen LogP contribution in [0.3, 0.4) is 0 Å². The van der Waals surface area contributed by atoms with Gasteiger partial charge in [0.1, 0.15) is 23.8 Å². The number of benzene rings is 1. The first-order valence-electron chi connectivity index (χ1n) is 12.1. The van der Waals surface area contributed by atoms with Gasteiger partial charge in [0.05, 0.1) is 31.0 Å². The van der Waals surface area contributed by atoms with Crippen molar-refractivity contribution in [2.24, 2.45) is 5.92 Å². The lowest BCUT2D eigenvalue weighted by molar-refractivity contribution is -0.284. The first kappa shape index (κ1) is 31.6. The van der Waals surface area contributed by atoms with Crippen LogP contribution in [-0.2, 0) is 11.0 Å². The number of carbonyl (C=O) groups excluding carboxylic acids is 2. The average molecular weight is 630 g/mol. The number of hydrogen-bond acceptors (Lipinski definition) is 6. The third-order valence-electron chi connectivity index (χ3n) is 6.67. The van der Waals surface area contributed by atoms with E-state index in [4.69, 9.17) is 10.5 Å². The second-order valence-corrected chi connectivity index (χ2v) is 9.53. The lowest BCUT2D eigenvalue weighted by Crippen LogP contribution is -2.43. The summed E-state index contributed by atoms with van der Waals surface area (Å²) in [6.45, 7) is -1.62. The van der Waals surface area contributed by atoms with Gasteiger partial charge < -0.3 is 20.7 Å². The maximum absolute atomic E-state index is 14.7. The summed E-state index contributed by atoms with van der Waals surface area (Å²) in [6, 6.07) is 2.71. The number of fused-ring (bicyclic) bond motifs is 1. The van der Waals surface area contributed by atoms with Crippen molar-refractivity contribution in [1.29, 1.82) is 0 Å². The minimum atomic E-state index is -5.77. The summed E-state index contributed by atoms with van der Waals surface area (Å²) in [5, 5.41) is 6.02. The molecule has 0 spiro atoms. The molecule has 43 heavy (non-hydrogen) atoms. The van der Waals surface area contributed by atoms with Crippen LogP contribution in [0.2, 0.25) is 0 Å². The maximum Gasteiger partial charge on any atom is 0.418 e. The molecule has 3 heterocycles. The van der Waals surface area contributed by atoms with Gasteiger partial charge in [-0.3, -0.25) is 9.59 Å². The van der Waals surface area contributed by atoms with Crippen molar-refractivity contribution >= 4 is 23.1 Å². The van der Waals surface area contributed by atoms with E-state index in [0.29, 0.717) is 11.0 Å². The van der Waals surface area contributed by atoms with Crippen molar-refractivity contribution in [3.8, 4) is 17.0 Å². The van der Waals surface area contributed by atoms with Gasteiger partial charge in [-0.2, -0.15) is 44.6 Å². The van der Waals surface area contributed by atoms with E-state index in [-0.39, 0.29) is 22.6 Å². The molecule has 2 amide bonds. The smallest absolute Gasteiger partial charge is 0.418 e. The Kier molecular flexibility index (Phi) is 8.14. The first-order valence-corrected chi connectivity index (χ1v) is 12.1. The second-order valence-electron chi connectivity index (χ2n) is 9.53. The molecule has 0 radical (unpaired) electrons. The van der Waals surface area contributed by atoms with Gasteiger partial charge in [-0.15, -0.1) is 0 Å². The number of carbonyl (C=O) groups is 2. The van der Waals surface area contributed by atoms with Gasteiger partial charge in [0, 0.05) is 24.1 Å². The van der Waals surface area contributed by atoms with E-state index >= 15 is 0 Å². The number of methoxy groups -OCH3 is 1. The Balaban J connectivity index is 1.59. The van der Waals surface area contributed by atoms with Crippen molar-refractivity contribution < 1.29 is 58.2 Å². The Hall–Kier alpha value is -4.32. The van der Waals surface area contributed by atoms with E-state index in [1.54, 1.807) is 0 Å². The van der Waals surface area contributed by atoms with Crippen molar-refractivity contribution in [3.05, 3.63) is 41.7 Å². The van der Waals surface area contributed by atoms with E-state index < -0.39 is 84.9 Å². The SMILES string of the molecule is COc1cc(C(=O)N[C@@H]2CN(C(=O)CC(C(F)(F)F)C(F)(F)F)C[C@@H]2F)cc(-c2cc(C(F)(F)F)c3c(N)ncnn23)c1. The number of likely N-dealkylation sites (tertiary alicyclic amines) is 1. The minimum Gasteiger partial charge on any atom is -0.497 e. The minimum absolute atomic E-state index is 0.0291. The molecule has 1 aromatic carbocycles. The van der Waals surface area contributed by atoms with Crippen LogP contribution in [0.15, 0.2) is 30.6 Å². The van der Waals surface area contributed by atoms with Crippen LogP contribution in [0, 0.1) is 5.92 Å². The fraction of sp³-hybridized carbons (Fsp3) is 0.417. The molecule has 1 aliphatic rings. The predicted molar refractivity (Wildman–Crippen MR) is 127 cm³/mol. The van der Waals surface area contributed by atoms with Gasteiger partial charge >= 0.3 is 18.5 Å². The number of alkyl halides is 10. The zero-order chi connectivity index (χ0) is 32.1. The molecule has 0 bridgehead atoms. The Bertz CT molecular complexity index is 1520. The average Bonchev–Trinajstić information content (AvgIpc) is 3.47. The van der Waals surface area contributed by atoms with Crippen LogP contribution in [0.1, 0.15) is 22.3 Å². The van der Waals surface area contributed by atoms with E-state index in [1.165, 1.54) is 13.2 Å². The summed E-state index contributed by atoms with van der Waals surface area (Å²) >= 11 is 0. The van der Waals surface area contributed by atoms with Crippen molar-refractivity contribution in [2.75, 3.05) is 25.9 Å². The molecule has 4 rings (SSSR count). The summed E-state index contributed by atoms with van der Waals surface area (Å²) in [4.78, 5) is 29.3. The maximum atomic E-state index is 14.7. The zero-order valence-electron chi connectivity index (χ0n) is 21.6. The highest BCUT2D eigenvalue weighted by molar-refractivity contribution is 5.96. The van der Waals surface area contributed by atoms with Crippen molar-refractivity contribution in [3.63, 3.8) is 0 Å². The van der Waals surface area contributed by atoms with Crippen LogP contribution in [0.5, 0.6) is 5.75 Å². The molecule has 3 aromatic rings. The number of halogens is 10. The summed E-state index contributed by atoms with van der Waals surface area (Å²) in [7, 11) is 1.19. The normalized spacial score (nSPS) is 18.0. The highest BCUT2D eigenvalue weighted by atomic mass is 19.4. The largest absolute Gasteiger partial charge is 0.497 e. The predicted octanol–water partition coefficient (Wildman–Crippen LogP) is 4.42. The summed E-state index contributed by atoms with van der Waals surface area (Å²) in [6.07, 6.45) is -19.6. The number of nitrogens with zero attached hydrogens (tertiary/aromatic N) is 4. The molecule has 0 aliphatic carbocycles. The summed E-state index contributed by atoms with van der Waals surface area (Å²) in [5.74, 6) is -7.13. The quantitative estimate of drug-likeness (QED) is 0.390. The highest BCUT2D eigenvalue weighted by Gasteiger charge is 2.57. The molecule has 0 unspecified atom stereocenters. The topological polar surface area (TPSA) is 115 Å². The Morgan fingerprint density at radius 1 is 1.05 bits per heavy atom. The number of aromatic nitrogens is 3. The number of nitrogen functional groups attached to an aromatic ring is 1. The molecule has 234 valence electrons. The Morgan fingerprint density at radius 3 is 2.28 bits per heavy atom. The van der Waals surface area contributed by atoms with E-state index in [2.05, 4.69) is 15.4 Å². The molecule has 1 fully saturated rings. The third-order valence-corrected chi connectivity index (χ3v) is 6.67. The van der Waals surface area contributed by atoms with E-state index in [0.717, 1.165) is 23.0 Å². The van der Waals surface area contributed by atoms with Crippen LogP contribution >= 0.6 is 0 Å². The second kappa shape index (κ2) is 11.1. The number of anilines is 1. The van der Waals surface area contributed by atoms with E-state index in [1.807, 2.05) is 0 Å². The van der Waals surface area contributed by atoms with Gasteiger partial charge in [-0.05, 0) is 24.3 Å². The number of rotatable bonds is 6. The molecule has 0 saturated carbocycles. The number of nitrogens with one attached hydrogen (secondary N) is 1. The monoisotopic (exact) mass is 630 g/mol. The number of amides is 2. The number of nitrogens with two attached hydrogens (primary N) is 1. The first-order chi connectivity index (χ1) is 19.8.